The lowest BCUT2D eigenvalue weighted by molar-refractivity contribution is 0.0920. The van der Waals surface area contributed by atoms with E-state index in [2.05, 4.69) is 26.2 Å². The molecule has 1 atom stereocenters. The van der Waals surface area contributed by atoms with Crippen LogP contribution in [0.3, 0.4) is 0 Å². The Morgan fingerprint density at radius 3 is 2.86 bits per heavy atom. The van der Waals surface area contributed by atoms with Crippen LogP contribution >= 0.6 is 27.7 Å². The summed E-state index contributed by atoms with van der Waals surface area (Å²) in [6.45, 7) is 1.50. The molecule has 3 heterocycles. The van der Waals surface area contributed by atoms with Gasteiger partial charge in [-0.1, -0.05) is 15.9 Å². The third-order valence-electron chi connectivity index (χ3n) is 4.83. The first kappa shape index (κ1) is 19.8. The van der Waals surface area contributed by atoms with Gasteiger partial charge in [0.1, 0.15) is 16.3 Å². The molecule has 28 heavy (non-hydrogen) atoms. The summed E-state index contributed by atoms with van der Waals surface area (Å²) in [5, 5.41) is 2.98. The van der Waals surface area contributed by atoms with Gasteiger partial charge >= 0.3 is 0 Å². The van der Waals surface area contributed by atoms with Gasteiger partial charge in [0.2, 0.25) is 10.0 Å². The maximum atomic E-state index is 12.8. The highest BCUT2D eigenvalue weighted by atomic mass is 79.9. The number of carbonyl (C=O) groups is 1. The van der Waals surface area contributed by atoms with Crippen LogP contribution < -0.4 is 10.1 Å². The Bertz CT molecular complexity index is 986. The number of aromatic amines is 1. The van der Waals surface area contributed by atoms with Gasteiger partial charge in [0.15, 0.2) is 0 Å². The van der Waals surface area contributed by atoms with Crippen LogP contribution in [0.15, 0.2) is 39.8 Å². The molecule has 150 valence electrons. The number of aromatic nitrogens is 1. The fourth-order valence-electron chi connectivity index (χ4n) is 3.34. The standard InChI is InChI=1S/C18H20BrN3O4S2/c19-12-1-2-17-14(9-12)15(3-6-26-17)21-18(23)16-10-13(11-20-16)28(24,25)22-4-7-27-8-5-22/h1-2,9-11,15,20H,3-8H2,(H,21,23). The zero-order chi connectivity index (χ0) is 19.7. The Kier molecular flexibility index (Phi) is 5.73. The first-order valence-electron chi connectivity index (χ1n) is 8.94. The van der Waals surface area contributed by atoms with E-state index in [1.54, 1.807) is 11.8 Å². The number of amides is 1. The molecule has 2 N–H and O–H groups in total. The molecule has 1 saturated heterocycles. The molecule has 2 aromatic rings. The summed E-state index contributed by atoms with van der Waals surface area (Å²) in [5.74, 6) is 1.98. The molecule has 0 saturated carbocycles. The molecule has 7 nitrogen and oxygen atoms in total. The number of ether oxygens (including phenoxy) is 1. The molecular formula is C18H20BrN3O4S2. The smallest absolute Gasteiger partial charge is 0.268 e. The molecule has 1 unspecified atom stereocenters. The van der Waals surface area contributed by atoms with Gasteiger partial charge < -0.3 is 15.0 Å². The molecule has 1 amide bonds. The van der Waals surface area contributed by atoms with E-state index in [0.717, 1.165) is 27.3 Å². The van der Waals surface area contributed by atoms with Crippen LogP contribution in [0.1, 0.15) is 28.5 Å². The first-order chi connectivity index (χ1) is 13.4. The molecule has 2 aliphatic heterocycles. The average Bonchev–Trinajstić information content (AvgIpc) is 3.20. The maximum Gasteiger partial charge on any atom is 0.268 e. The number of benzene rings is 1. The van der Waals surface area contributed by atoms with E-state index in [4.69, 9.17) is 4.74 Å². The quantitative estimate of drug-likeness (QED) is 0.694. The van der Waals surface area contributed by atoms with Crippen molar-refractivity contribution in [2.45, 2.75) is 17.4 Å². The van der Waals surface area contributed by atoms with Crippen LogP contribution in [0.5, 0.6) is 5.75 Å². The van der Waals surface area contributed by atoms with Crippen LogP contribution in [0.4, 0.5) is 0 Å². The van der Waals surface area contributed by atoms with Gasteiger partial charge in [0.05, 0.1) is 12.6 Å². The van der Waals surface area contributed by atoms with Crippen LogP contribution in [0, 0.1) is 0 Å². The Balaban J connectivity index is 1.51. The Labute approximate surface area is 176 Å². The molecular weight excluding hydrogens is 466 g/mol. The maximum absolute atomic E-state index is 12.8. The van der Waals surface area contributed by atoms with Crippen molar-refractivity contribution in [1.29, 1.82) is 0 Å². The van der Waals surface area contributed by atoms with Gasteiger partial charge in [0.25, 0.3) is 5.91 Å². The normalized spacial score (nSPS) is 20.2. The van der Waals surface area contributed by atoms with Gasteiger partial charge in [0, 0.05) is 47.2 Å². The number of fused-ring (bicyclic) bond motifs is 1. The lowest BCUT2D eigenvalue weighted by Gasteiger charge is -2.26. The zero-order valence-corrected chi connectivity index (χ0v) is 18.2. The van der Waals surface area contributed by atoms with E-state index >= 15 is 0 Å². The van der Waals surface area contributed by atoms with E-state index in [-0.39, 0.29) is 22.5 Å². The van der Waals surface area contributed by atoms with Gasteiger partial charge in [-0.2, -0.15) is 16.1 Å². The highest BCUT2D eigenvalue weighted by Crippen LogP contribution is 2.34. The van der Waals surface area contributed by atoms with E-state index in [1.165, 1.54) is 16.6 Å². The number of hydrogen-bond donors (Lipinski definition) is 2. The van der Waals surface area contributed by atoms with Crippen LogP contribution in [-0.2, 0) is 10.0 Å². The number of sulfonamides is 1. The van der Waals surface area contributed by atoms with E-state index in [1.807, 2.05) is 18.2 Å². The summed E-state index contributed by atoms with van der Waals surface area (Å²) >= 11 is 5.19. The van der Waals surface area contributed by atoms with Crippen LogP contribution in [-0.4, -0.2) is 54.8 Å². The molecule has 1 fully saturated rings. The second kappa shape index (κ2) is 8.10. The van der Waals surface area contributed by atoms with Gasteiger partial charge in [-0.25, -0.2) is 8.42 Å². The third-order valence-corrected chi connectivity index (χ3v) is 8.14. The fraction of sp³-hybridized carbons (Fsp3) is 0.389. The molecule has 1 aromatic carbocycles. The van der Waals surface area contributed by atoms with E-state index in [0.29, 0.717) is 26.1 Å². The minimum absolute atomic E-state index is 0.125. The predicted octanol–water partition coefficient (Wildman–Crippen LogP) is 2.77. The number of H-pyrrole nitrogens is 1. The van der Waals surface area contributed by atoms with Crippen molar-refractivity contribution >= 4 is 43.6 Å². The van der Waals surface area contributed by atoms with Crippen LogP contribution in [0.25, 0.3) is 0 Å². The van der Waals surface area contributed by atoms with E-state index < -0.39 is 10.0 Å². The molecule has 1 aromatic heterocycles. The van der Waals surface area contributed by atoms with Crippen molar-refractivity contribution in [3.8, 4) is 5.75 Å². The molecule has 0 bridgehead atoms. The van der Waals surface area contributed by atoms with Gasteiger partial charge in [-0.15, -0.1) is 0 Å². The zero-order valence-electron chi connectivity index (χ0n) is 15.0. The number of hydrogen-bond acceptors (Lipinski definition) is 5. The van der Waals surface area contributed by atoms with Crippen molar-refractivity contribution in [3.63, 3.8) is 0 Å². The number of rotatable bonds is 4. The Hall–Kier alpha value is -1.49. The second-order valence-electron chi connectivity index (χ2n) is 6.61. The second-order valence-corrected chi connectivity index (χ2v) is 10.7. The van der Waals surface area contributed by atoms with Gasteiger partial charge in [-0.05, 0) is 24.3 Å². The summed E-state index contributed by atoms with van der Waals surface area (Å²) in [6, 6.07) is 6.90. The highest BCUT2D eigenvalue weighted by Gasteiger charge is 2.29. The lowest BCUT2D eigenvalue weighted by atomic mass is 10.0. The summed E-state index contributed by atoms with van der Waals surface area (Å²) in [5.41, 5.74) is 1.13. The topological polar surface area (TPSA) is 91.5 Å². The molecule has 2 aliphatic rings. The first-order valence-corrected chi connectivity index (χ1v) is 12.3. The summed E-state index contributed by atoms with van der Waals surface area (Å²) in [6.07, 6.45) is 2.03. The predicted molar refractivity (Wildman–Crippen MR) is 111 cm³/mol. The molecule has 0 spiro atoms. The highest BCUT2D eigenvalue weighted by molar-refractivity contribution is 9.10. The average molecular weight is 486 g/mol. The molecule has 0 aliphatic carbocycles. The van der Waals surface area contributed by atoms with Gasteiger partial charge in [-0.3, -0.25) is 4.79 Å². The number of nitrogens with one attached hydrogen (secondary N) is 2. The largest absolute Gasteiger partial charge is 0.493 e. The monoisotopic (exact) mass is 485 g/mol. The summed E-state index contributed by atoms with van der Waals surface area (Å²) in [7, 11) is -3.58. The summed E-state index contributed by atoms with van der Waals surface area (Å²) in [4.78, 5) is 15.7. The number of carbonyl (C=O) groups excluding carboxylic acids is 1. The van der Waals surface area contributed by atoms with Crippen molar-refractivity contribution in [2.75, 3.05) is 31.2 Å². The lowest BCUT2D eigenvalue weighted by Crippen LogP contribution is -2.37. The molecule has 4 rings (SSSR count). The number of halogens is 1. The Morgan fingerprint density at radius 2 is 2.07 bits per heavy atom. The minimum Gasteiger partial charge on any atom is -0.493 e. The minimum atomic E-state index is -3.58. The van der Waals surface area contributed by atoms with Crippen LogP contribution in [0.2, 0.25) is 0 Å². The molecule has 0 radical (unpaired) electrons. The SMILES string of the molecule is O=C(NC1CCOc2ccc(Br)cc21)c1cc(S(=O)(=O)N2CCSCC2)c[nH]1. The summed E-state index contributed by atoms with van der Waals surface area (Å²) < 4.78 is 33.5. The Morgan fingerprint density at radius 1 is 1.29 bits per heavy atom. The third kappa shape index (κ3) is 3.96. The van der Waals surface area contributed by atoms with Crippen molar-refractivity contribution in [3.05, 3.63) is 46.2 Å². The van der Waals surface area contributed by atoms with Crippen molar-refractivity contribution in [2.24, 2.45) is 0 Å². The fourth-order valence-corrected chi connectivity index (χ4v) is 6.29. The molecule has 10 heteroatoms. The number of nitrogens with zero attached hydrogens (tertiary/aromatic N) is 1. The van der Waals surface area contributed by atoms with Crippen molar-refractivity contribution in [1.82, 2.24) is 14.6 Å². The number of thioether (sulfide) groups is 1. The van der Waals surface area contributed by atoms with E-state index in [9.17, 15) is 13.2 Å². The van der Waals surface area contributed by atoms with Crippen molar-refractivity contribution < 1.29 is 17.9 Å².